The van der Waals surface area contributed by atoms with Crippen LogP contribution in [0.5, 0.6) is 5.75 Å². The van der Waals surface area contributed by atoms with Gasteiger partial charge in [-0.1, -0.05) is 6.07 Å². The molecule has 1 fully saturated rings. The normalized spacial score (nSPS) is 17.7. The Kier molecular flexibility index (Phi) is 8.60. The van der Waals surface area contributed by atoms with Crippen molar-refractivity contribution >= 4 is 12.1 Å². The summed E-state index contributed by atoms with van der Waals surface area (Å²) in [6.45, 7) is 11.1. The van der Waals surface area contributed by atoms with Crippen molar-refractivity contribution in [1.82, 2.24) is 14.8 Å². The van der Waals surface area contributed by atoms with E-state index in [4.69, 9.17) is 9.47 Å². The molecule has 1 aromatic carbocycles. The van der Waals surface area contributed by atoms with Crippen molar-refractivity contribution in [3.8, 4) is 5.75 Å². The third-order valence-corrected chi connectivity index (χ3v) is 6.14. The number of hydrogen-bond donors (Lipinski definition) is 1. The molecule has 0 aliphatic carbocycles. The number of carbonyl (C=O) groups excluding carboxylic acids is 1. The molecule has 0 spiro atoms. The monoisotopic (exact) mass is 537 g/mol. The minimum absolute atomic E-state index is 0.124. The van der Waals surface area contributed by atoms with Gasteiger partial charge >= 0.3 is 12.1 Å². The van der Waals surface area contributed by atoms with E-state index < -0.39 is 41.1 Å². The first-order chi connectivity index (χ1) is 17.5. The Bertz CT molecular complexity index is 1180. The van der Waals surface area contributed by atoms with Gasteiger partial charge in [-0.05, 0) is 63.9 Å². The van der Waals surface area contributed by atoms with E-state index in [0.29, 0.717) is 37.7 Å². The van der Waals surface area contributed by atoms with Gasteiger partial charge in [0.1, 0.15) is 23.3 Å². The summed E-state index contributed by atoms with van der Waals surface area (Å²) in [6.07, 6.45) is 0.0640. The molecule has 8 nitrogen and oxygen atoms in total. The van der Waals surface area contributed by atoms with E-state index in [1.165, 1.54) is 18.3 Å². The van der Waals surface area contributed by atoms with Crippen molar-refractivity contribution in [1.29, 1.82) is 0 Å². The zero-order valence-corrected chi connectivity index (χ0v) is 22.4. The second-order valence-electron chi connectivity index (χ2n) is 10.7. The molecule has 0 saturated carbocycles. The Balaban J connectivity index is 1.84. The first kappa shape index (κ1) is 29.2. The van der Waals surface area contributed by atoms with Gasteiger partial charge in [0.15, 0.2) is 5.69 Å². The van der Waals surface area contributed by atoms with E-state index in [2.05, 4.69) is 4.98 Å². The summed E-state index contributed by atoms with van der Waals surface area (Å²) >= 11 is 0. The lowest BCUT2D eigenvalue weighted by Gasteiger charge is -2.41. The summed E-state index contributed by atoms with van der Waals surface area (Å²) in [5.41, 5.74) is -0.761. The number of carbonyl (C=O) groups is 2. The van der Waals surface area contributed by atoms with Crippen LogP contribution in [0.2, 0.25) is 0 Å². The lowest BCUT2D eigenvalue weighted by molar-refractivity contribution is -0.00319. The molecule has 0 bridgehead atoms. The van der Waals surface area contributed by atoms with Crippen LogP contribution in [0.4, 0.5) is 18.0 Å². The van der Waals surface area contributed by atoms with E-state index in [0.717, 1.165) is 12.1 Å². The van der Waals surface area contributed by atoms with Crippen molar-refractivity contribution in [3.63, 3.8) is 0 Å². The van der Waals surface area contributed by atoms with Crippen LogP contribution in [0.3, 0.4) is 0 Å². The van der Waals surface area contributed by atoms with Crippen LogP contribution in [0, 0.1) is 12.7 Å². The number of piperazine rings is 1. The van der Waals surface area contributed by atoms with Crippen LogP contribution in [-0.2, 0) is 10.7 Å². The number of carboxylic acids is 1. The van der Waals surface area contributed by atoms with Crippen LogP contribution in [-0.4, -0.2) is 69.8 Å². The Morgan fingerprint density at radius 1 is 1.18 bits per heavy atom. The van der Waals surface area contributed by atoms with Gasteiger partial charge in [-0.25, -0.2) is 27.7 Å². The molecule has 2 aromatic rings. The van der Waals surface area contributed by atoms with Gasteiger partial charge in [-0.3, -0.25) is 4.90 Å². The maximum atomic E-state index is 14.7. The van der Waals surface area contributed by atoms with Gasteiger partial charge in [0.05, 0.1) is 11.8 Å². The molecule has 2 atom stereocenters. The predicted molar refractivity (Wildman–Crippen MR) is 134 cm³/mol. The van der Waals surface area contributed by atoms with Crippen molar-refractivity contribution in [2.24, 2.45) is 0 Å². The summed E-state index contributed by atoms with van der Waals surface area (Å²) in [4.78, 5) is 31.5. The smallest absolute Gasteiger partial charge is 0.410 e. The van der Waals surface area contributed by atoms with Gasteiger partial charge in [0.2, 0.25) is 0 Å². The number of halogens is 3. The molecule has 1 N–H and O–H groups in total. The highest BCUT2D eigenvalue weighted by Gasteiger charge is 2.33. The largest absolute Gasteiger partial charge is 0.483 e. The Morgan fingerprint density at radius 2 is 1.87 bits per heavy atom. The molecule has 1 aliphatic rings. The summed E-state index contributed by atoms with van der Waals surface area (Å²) in [6, 6.07) is 4.80. The predicted octanol–water partition coefficient (Wildman–Crippen LogP) is 5.40. The van der Waals surface area contributed by atoms with E-state index in [-0.39, 0.29) is 24.0 Å². The summed E-state index contributed by atoms with van der Waals surface area (Å²) in [5, 5.41) is 9.25. The van der Waals surface area contributed by atoms with Crippen LogP contribution >= 0.6 is 0 Å². The zero-order valence-electron chi connectivity index (χ0n) is 22.4. The SMILES string of the molecule is Cc1cc(OC(CN2CCN(C(=O)OC(C)(C)C)[C@H](C)C2)c2ccc(C(C)(F)F)c(F)c2)cnc1C(=O)O. The van der Waals surface area contributed by atoms with E-state index >= 15 is 0 Å². The maximum absolute atomic E-state index is 14.7. The van der Waals surface area contributed by atoms with Gasteiger partial charge < -0.3 is 19.5 Å². The molecule has 38 heavy (non-hydrogen) atoms. The molecular formula is C27H34F3N3O5. The highest BCUT2D eigenvalue weighted by molar-refractivity contribution is 5.87. The molecule has 1 unspecified atom stereocenters. The second-order valence-corrected chi connectivity index (χ2v) is 10.7. The molecule has 0 radical (unpaired) electrons. The Hall–Kier alpha value is -3.34. The standard InChI is InChI=1S/C27H34F3N3O5/c1-16-11-19(13-31-23(16)24(34)35)37-22(18-7-8-20(21(28)12-18)27(6,29)30)15-32-9-10-33(17(2)14-32)25(36)38-26(3,4)5/h7-8,11-13,17,22H,9-10,14-15H2,1-6H3,(H,34,35)/t17-,22?/m1/s1. The number of rotatable bonds is 7. The van der Waals surface area contributed by atoms with Crippen molar-refractivity contribution in [2.45, 2.75) is 65.2 Å². The molecule has 11 heteroatoms. The summed E-state index contributed by atoms with van der Waals surface area (Å²) in [7, 11) is 0. The minimum atomic E-state index is -3.35. The number of aromatic nitrogens is 1. The number of nitrogens with zero attached hydrogens (tertiary/aromatic N) is 3. The van der Waals surface area contributed by atoms with Crippen molar-refractivity contribution in [3.05, 3.63) is 58.7 Å². The molecule has 1 aliphatic heterocycles. The summed E-state index contributed by atoms with van der Waals surface area (Å²) in [5.74, 6) is -5.33. The van der Waals surface area contributed by atoms with Crippen molar-refractivity contribution in [2.75, 3.05) is 26.2 Å². The number of hydrogen-bond acceptors (Lipinski definition) is 6. The summed E-state index contributed by atoms with van der Waals surface area (Å²) < 4.78 is 53.9. The minimum Gasteiger partial charge on any atom is -0.483 e. The highest BCUT2D eigenvalue weighted by Crippen LogP contribution is 2.32. The molecule has 1 saturated heterocycles. The number of carboxylic acid groups (broad SMARTS) is 1. The molecule has 1 aromatic heterocycles. The lowest BCUT2D eigenvalue weighted by Crippen LogP contribution is -2.55. The van der Waals surface area contributed by atoms with E-state index in [1.54, 1.807) is 32.6 Å². The average Bonchev–Trinajstić information content (AvgIpc) is 2.76. The molecule has 1 amide bonds. The van der Waals surface area contributed by atoms with Crippen LogP contribution in [0.15, 0.2) is 30.5 Å². The Labute approximate surface area is 220 Å². The number of aromatic carboxylic acids is 1. The fourth-order valence-electron chi connectivity index (χ4n) is 4.33. The van der Waals surface area contributed by atoms with Crippen LogP contribution in [0.1, 0.15) is 67.9 Å². The van der Waals surface area contributed by atoms with Crippen LogP contribution in [0.25, 0.3) is 0 Å². The van der Waals surface area contributed by atoms with Gasteiger partial charge in [0.25, 0.3) is 5.92 Å². The molecule has 208 valence electrons. The fourth-order valence-corrected chi connectivity index (χ4v) is 4.33. The number of benzene rings is 1. The first-order valence-corrected chi connectivity index (χ1v) is 12.3. The fraction of sp³-hybridized carbons (Fsp3) is 0.519. The third-order valence-electron chi connectivity index (χ3n) is 6.14. The van der Waals surface area contributed by atoms with E-state index in [1.807, 2.05) is 11.8 Å². The third kappa shape index (κ3) is 7.37. The van der Waals surface area contributed by atoms with Crippen molar-refractivity contribution < 1.29 is 37.3 Å². The molecule has 3 rings (SSSR count). The maximum Gasteiger partial charge on any atom is 0.410 e. The topological polar surface area (TPSA) is 92.2 Å². The average molecular weight is 538 g/mol. The number of alkyl halides is 2. The quantitative estimate of drug-likeness (QED) is 0.506. The zero-order chi connectivity index (χ0) is 28.4. The lowest BCUT2D eigenvalue weighted by atomic mass is 10.0. The molecule has 2 heterocycles. The van der Waals surface area contributed by atoms with Crippen LogP contribution < -0.4 is 4.74 Å². The van der Waals surface area contributed by atoms with E-state index in [9.17, 15) is 27.9 Å². The second kappa shape index (κ2) is 11.2. The first-order valence-electron chi connectivity index (χ1n) is 12.3. The number of aryl methyl sites for hydroxylation is 1. The number of ether oxygens (including phenoxy) is 2. The van der Waals surface area contributed by atoms with Gasteiger partial charge in [0, 0.05) is 39.1 Å². The Morgan fingerprint density at radius 3 is 2.39 bits per heavy atom. The van der Waals surface area contributed by atoms with Gasteiger partial charge in [-0.15, -0.1) is 0 Å². The molecular weight excluding hydrogens is 503 g/mol. The highest BCUT2D eigenvalue weighted by atomic mass is 19.3. The number of pyridine rings is 1. The van der Waals surface area contributed by atoms with Gasteiger partial charge in [-0.2, -0.15) is 0 Å². The number of amides is 1.